The lowest BCUT2D eigenvalue weighted by Crippen LogP contribution is -2.17. The van der Waals surface area contributed by atoms with E-state index in [1.54, 1.807) is 0 Å². The Labute approximate surface area is 78.3 Å². The summed E-state index contributed by atoms with van der Waals surface area (Å²) in [5, 5.41) is 6.85. The number of nitrogens with zero attached hydrogens (tertiary/aromatic N) is 3. The molecule has 2 heterocycles. The first-order chi connectivity index (χ1) is 6.13. The fourth-order valence-electron chi connectivity index (χ4n) is 1.10. The molecule has 6 heteroatoms. The molecule has 2 aliphatic heterocycles. The van der Waals surface area contributed by atoms with Crippen LogP contribution in [0.1, 0.15) is 13.8 Å². The molecule has 0 bridgehead atoms. The van der Waals surface area contributed by atoms with E-state index in [4.69, 9.17) is 0 Å². The zero-order valence-electron chi connectivity index (χ0n) is 8.03. The zero-order chi connectivity index (χ0) is 9.47. The minimum atomic E-state index is -2.47. The van der Waals surface area contributed by atoms with E-state index in [0.29, 0.717) is 0 Å². The lowest BCUT2D eigenvalue weighted by Gasteiger charge is -2.18. The molecule has 0 aromatic carbocycles. The molecule has 0 aromatic rings. The van der Waals surface area contributed by atoms with Crippen molar-refractivity contribution in [3.8, 4) is 0 Å². The molecule has 2 fully saturated rings. The highest BCUT2D eigenvalue weighted by Gasteiger charge is 2.48. The fraction of sp³-hybridized carbons (Fsp3) is 0.857. The van der Waals surface area contributed by atoms with Crippen molar-refractivity contribution in [2.45, 2.75) is 13.8 Å². The SMILES string of the molecule is CC(C)=NNP(=O)(N1CC1)N1CC1. The molecule has 2 aliphatic rings. The minimum absolute atomic E-state index is 0.906. The Bertz CT molecular complexity index is 262. The van der Waals surface area contributed by atoms with Crippen LogP contribution in [0.5, 0.6) is 0 Å². The van der Waals surface area contributed by atoms with E-state index in [2.05, 4.69) is 10.3 Å². The van der Waals surface area contributed by atoms with Crippen molar-refractivity contribution < 1.29 is 4.57 Å². The van der Waals surface area contributed by atoms with Gasteiger partial charge in [0.1, 0.15) is 0 Å². The second-order valence-corrected chi connectivity index (χ2v) is 6.03. The molecular weight excluding hydrogens is 187 g/mol. The molecule has 0 amide bonds. The van der Waals surface area contributed by atoms with Gasteiger partial charge in [-0.1, -0.05) is 0 Å². The smallest absolute Gasteiger partial charge is 0.262 e. The van der Waals surface area contributed by atoms with E-state index in [1.807, 2.05) is 23.2 Å². The van der Waals surface area contributed by atoms with Crippen LogP contribution < -0.4 is 5.20 Å². The third kappa shape index (κ3) is 1.93. The molecule has 0 unspecified atom stereocenters. The Morgan fingerprint density at radius 3 is 2.00 bits per heavy atom. The number of nitrogens with one attached hydrogen (secondary N) is 1. The molecular formula is C7H15N4OP. The van der Waals surface area contributed by atoms with E-state index >= 15 is 0 Å². The van der Waals surface area contributed by atoms with Gasteiger partial charge in [-0.25, -0.2) is 14.5 Å². The van der Waals surface area contributed by atoms with Crippen molar-refractivity contribution in [1.29, 1.82) is 0 Å². The molecule has 1 N–H and O–H groups in total. The van der Waals surface area contributed by atoms with Gasteiger partial charge in [-0.05, 0) is 13.8 Å². The van der Waals surface area contributed by atoms with Crippen molar-refractivity contribution in [1.82, 2.24) is 14.5 Å². The summed E-state index contributed by atoms with van der Waals surface area (Å²) in [6, 6.07) is 0. The van der Waals surface area contributed by atoms with Crippen LogP contribution in [-0.4, -0.2) is 41.2 Å². The maximum atomic E-state index is 12.3. The third-order valence-corrected chi connectivity index (χ3v) is 4.71. The maximum absolute atomic E-state index is 12.3. The summed E-state index contributed by atoms with van der Waals surface area (Å²) in [6.07, 6.45) is 0. The van der Waals surface area contributed by atoms with Crippen molar-refractivity contribution in [2.75, 3.05) is 26.2 Å². The largest absolute Gasteiger partial charge is 0.324 e. The van der Waals surface area contributed by atoms with Gasteiger partial charge in [-0.15, -0.1) is 0 Å². The predicted molar refractivity (Wildman–Crippen MR) is 52.7 cm³/mol. The van der Waals surface area contributed by atoms with Crippen LogP contribution in [0.2, 0.25) is 0 Å². The van der Waals surface area contributed by atoms with Gasteiger partial charge in [0.2, 0.25) is 0 Å². The molecule has 0 aromatic heterocycles. The number of hydrazone groups is 1. The average Bonchev–Trinajstić information content (AvgIpc) is 2.88. The zero-order valence-corrected chi connectivity index (χ0v) is 8.92. The monoisotopic (exact) mass is 202 g/mol. The summed E-state index contributed by atoms with van der Waals surface area (Å²) >= 11 is 0. The first kappa shape index (κ1) is 9.19. The number of hydrogen-bond donors (Lipinski definition) is 1. The van der Waals surface area contributed by atoms with Crippen LogP contribution in [0.15, 0.2) is 5.10 Å². The van der Waals surface area contributed by atoms with Gasteiger partial charge in [0.15, 0.2) is 0 Å². The summed E-state index contributed by atoms with van der Waals surface area (Å²) < 4.78 is 16.2. The van der Waals surface area contributed by atoms with E-state index in [9.17, 15) is 4.57 Å². The first-order valence-corrected chi connectivity index (χ1v) is 6.13. The van der Waals surface area contributed by atoms with Crippen molar-refractivity contribution in [3.05, 3.63) is 0 Å². The van der Waals surface area contributed by atoms with E-state index in [-0.39, 0.29) is 0 Å². The molecule has 0 spiro atoms. The summed E-state index contributed by atoms with van der Waals surface area (Å²) in [5.74, 6) is 0. The highest BCUT2D eigenvalue weighted by molar-refractivity contribution is 7.57. The van der Waals surface area contributed by atoms with Gasteiger partial charge < -0.3 is 0 Å². The molecule has 13 heavy (non-hydrogen) atoms. The lowest BCUT2D eigenvalue weighted by atomic mass is 10.5. The van der Waals surface area contributed by atoms with Crippen molar-refractivity contribution in [2.24, 2.45) is 5.10 Å². The maximum Gasteiger partial charge on any atom is 0.324 e. The van der Waals surface area contributed by atoms with E-state index < -0.39 is 7.59 Å². The molecule has 0 saturated carbocycles. The molecule has 0 atom stereocenters. The Morgan fingerprint density at radius 1 is 1.23 bits per heavy atom. The predicted octanol–water partition coefficient (Wildman–Crippen LogP) is 0.711. The molecule has 2 rings (SSSR count). The molecule has 0 aliphatic carbocycles. The van der Waals surface area contributed by atoms with E-state index in [1.165, 1.54) is 0 Å². The molecule has 0 radical (unpaired) electrons. The summed E-state index contributed by atoms with van der Waals surface area (Å²) in [5.41, 5.74) is 0.906. The Kier molecular flexibility index (Phi) is 2.18. The van der Waals surface area contributed by atoms with Gasteiger partial charge in [0, 0.05) is 31.9 Å². The van der Waals surface area contributed by atoms with Crippen LogP contribution in [-0.2, 0) is 4.57 Å². The average molecular weight is 202 g/mol. The lowest BCUT2D eigenvalue weighted by molar-refractivity contribution is 0.504. The second kappa shape index (κ2) is 3.08. The quantitative estimate of drug-likeness (QED) is 0.316. The Hall–Kier alpha value is -0.380. The summed E-state index contributed by atoms with van der Waals surface area (Å²) in [7, 11) is -2.47. The first-order valence-electron chi connectivity index (χ1n) is 4.52. The van der Waals surface area contributed by atoms with Crippen molar-refractivity contribution >= 4 is 13.3 Å². The Balaban J connectivity index is 2.04. The van der Waals surface area contributed by atoms with Crippen LogP contribution in [0.4, 0.5) is 0 Å². The third-order valence-electron chi connectivity index (χ3n) is 2.02. The van der Waals surface area contributed by atoms with Gasteiger partial charge in [0.25, 0.3) is 0 Å². The van der Waals surface area contributed by atoms with Gasteiger partial charge >= 0.3 is 7.59 Å². The molecule has 5 nitrogen and oxygen atoms in total. The van der Waals surface area contributed by atoms with Crippen LogP contribution in [0, 0.1) is 0 Å². The Morgan fingerprint density at radius 2 is 1.69 bits per heavy atom. The second-order valence-electron chi connectivity index (χ2n) is 3.61. The summed E-state index contributed by atoms with van der Waals surface area (Å²) in [4.78, 5) is 0. The summed E-state index contributed by atoms with van der Waals surface area (Å²) in [6.45, 7) is 7.50. The van der Waals surface area contributed by atoms with Crippen molar-refractivity contribution in [3.63, 3.8) is 0 Å². The highest BCUT2D eigenvalue weighted by Crippen LogP contribution is 2.56. The van der Waals surface area contributed by atoms with Gasteiger partial charge in [-0.2, -0.15) is 5.10 Å². The molecule has 74 valence electrons. The topological polar surface area (TPSA) is 47.5 Å². The van der Waals surface area contributed by atoms with Crippen LogP contribution in [0.25, 0.3) is 0 Å². The van der Waals surface area contributed by atoms with Crippen LogP contribution >= 0.6 is 7.59 Å². The van der Waals surface area contributed by atoms with Crippen LogP contribution in [0.3, 0.4) is 0 Å². The fourth-order valence-corrected chi connectivity index (χ4v) is 3.31. The standard InChI is InChI=1S/C7H15N4OP/c1-7(2)8-9-13(12,10-3-4-10)11-5-6-11/h3-6H2,1-2H3,(H,9,12). The van der Waals surface area contributed by atoms with E-state index in [0.717, 1.165) is 31.9 Å². The van der Waals surface area contributed by atoms with Gasteiger partial charge in [0.05, 0.1) is 0 Å². The normalized spacial score (nSPS) is 22.6. The number of hydrogen-bond acceptors (Lipinski definition) is 2. The van der Waals surface area contributed by atoms with Gasteiger partial charge in [-0.3, -0.25) is 4.57 Å². The number of rotatable bonds is 4. The minimum Gasteiger partial charge on any atom is -0.262 e. The molecule has 2 saturated heterocycles. The highest BCUT2D eigenvalue weighted by atomic mass is 31.2.